The number of hydrogen-bond donors (Lipinski definition) is 3. The van der Waals surface area contributed by atoms with Crippen LogP contribution in [0, 0.1) is 17.8 Å². The van der Waals surface area contributed by atoms with Crippen molar-refractivity contribution in [1.29, 1.82) is 0 Å². The van der Waals surface area contributed by atoms with Crippen LogP contribution in [0.1, 0.15) is 83.7 Å². The summed E-state index contributed by atoms with van der Waals surface area (Å²) in [5.41, 5.74) is 3.58. The Balaban J connectivity index is 1.39. The molecule has 11 nitrogen and oxygen atoms in total. The number of nitrogens with zero attached hydrogens (tertiary/aromatic N) is 4. The largest absolute Gasteiger partial charge is 0.491 e. The van der Waals surface area contributed by atoms with E-state index in [0.29, 0.717) is 49.7 Å². The Morgan fingerprint density at radius 3 is 2.71 bits per heavy atom. The number of anilines is 1. The van der Waals surface area contributed by atoms with E-state index in [1.807, 2.05) is 19.1 Å². The molecule has 6 rings (SSSR count). The molecule has 3 aromatic rings. The van der Waals surface area contributed by atoms with Crippen LogP contribution in [0.2, 0.25) is 5.02 Å². The fraction of sp³-hybridized carbons (Fsp3) is 0.528. The first-order chi connectivity index (χ1) is 23.6. The summed E-state index contributed by atoms with van der Waals surface area (Å²) in [5, 5.41) is 18.2. The number of ether oxygens (including phenoxy) is 2. The number of benzene rings is 2. The number of thiol groups is 1. The Hall–Kier alpha value is -3.61. The second kappa shape index (κ2) is 15.5. The molecule has 2 unspecified atom stereocenters. The molecule has 2 N–H and O–H groups in total. The van der Waals surface area contributed by atoms with Crippen molar-refractivity contribution < 1.29 is 28.4 Å². The van der Waals surface area contributed by atoms with E-state index >= 15 is 0 Å². The monoisotopic (exact) mass is 711 g/mol. The average Bonchev–Trinajstić information content (AvgIpc) is 3.44. The van der Waals surface area contributed by atoms with Gasteiger partial charge in [-0.2, -0.15) is 4.36 Å². The van der Waals surface area contributed by atoms with Crippen molar-refractivity contribution in [3.05, 3.63) is 69.9 Å². The van der Waals surface area contributed by atoms with Crippen molar-refractivity contribution >= 4 is 39.7 Å². The Morgan fingerprint density at radius 2 is 1.94 bits per heavy atom. The van der Waals surface area contributed by atoms with Gasteiger partial charge in [-0.1, -0.05) is 31.0 Å². The quantitative estimate of drug-likeness (QED) is 0.300. The van der Waals surface area contributed by atoms with Crippen LogP contribution in [-0.4, -0.2) is 62.6 Å². The van der Waals surface area contributed by atoms with Crippen LogP contribution in [0.3, 0.4) is 0 Å². The molecule has 0 spiro atoms. The summed E-state index contributed by atoms with van der Waals surface area (Å²) in [6, 6.07) is 11.3. The molecular weight excluding hydrogens is 666 g/mol. The van der Waals surface area contributed by atoms with Crippen LogP contribution in [-0.2, 0) is 30.6 Å². The molecule has 1 saturated carbocycles. The highest BCUT2D eigenvalue weighted by molar-refractivity contribution is 7.76. The Kier molecular flexibility index (Phi) is 11.2. The lowest BCUT2D eigenvalue weighted by Gasteiger charge is -2.43. The van der Waals surface area contributed by atoms with Crippen LogP contribution in [0.5, 0.6) is 11.6 Å². The summed E-state index contributed by atoms with van der Waals surface area (Å²) < 4.78 is 31.1. The third-order valence-electron chi connectivity index (χ3n) is 10.2. The maximum atomic E-state index is 13.9. The van der Waals surface area contributed by atoms with Gasteiger partial charge in [0.2, 0.25) is 5.88 Å². The predicted octanol–water partition coefficient (Wildman–Crippen LogP) is 5.57. The van der Waals surface area contributed by atoms with Crippen molar-refractivity contribution in [1.82, 2.24) is 15.1 Å². The van der Waals surface area contributed by atoms with E-state index in [-0.39, 0.29) is 34.8 Å². The van der Waals surface area contributed by atoms with Gasteiger partial charge in [0.1, 0.15) is 16.7 Å². The number of carbonyl (C=O) groups excluding carboxylic acids is 2. The lowest BCUT2D eigenvalue weighted by Crippen LogP contribution is -2.43. The Morgan fingerprint density at radius 1 is 1.10 bits per heavy atom. The minimum atomic E-state index is -2.58. The molecule has 0 radical (unpaired) electrons. The van der Waals surface area contributed by atoms with E-state index in [9.17, 15) is 18.9 Å². The number of nitrogens with one attached hydrogen (secondary N) is 1. The van der Waals surface area contributed by atoms with Crippen molar-refractivity contribution in [2.75, 3.05) is 25.2 Å². The average molecular weight is 712 g/mol. The third kappa shape index (κ3) is 8.07. The first kappa shape index (κ1) is 35.2. The molecule has 2 aliphatic heterocycles. The predicted molar refractivity (Wildman–Crippen MR) is 190 cm³/mol. The van der Waals surface area contributed by atoms with Gasteiger partial charge in [0.05, 0.1) is 36.1 Å². The van der Waals surface area contributed by atoms with E-state index in [2.05, 4.69) is 25.7 Å². The first-order valence-corrected chi connectivity index (χ1v) is 18.8. The van der Waals surface area contributed by atoms with E-state index < -0.39 is 33.9 Å². The highest BCUT2D eigenvalue weighted by atomic mass is 35.5. The van der Waals surface area contributed by atoms with Gasteiger partial charge in [0.25, 0.3) is 11.8 Å². The molecule has 2 aromatic carbocycles. The molecule has 1 aromatic heterocycles. The lowest BCUT2D eigenvalue weighted by molar-refractivity contribution is 0.00871. The highest BCUT2D eigenvalue weighted by Crippen LogP contribution is 2.42. The molecule has 1 fully saturated rings. The fourth-order valence-electron chi connectivity index (χ4n) is 7.30. The lowest BCUT2D eigenvalue weighted by atomic mass is 9.69. The summed E-state index contributed by atoms with van der Waals surface area (Å²) in [5.74, 6) is -0.232. The number of halogens is 1. The minimum Gasteiger partial charge on any atom is -0.491 e. The number of aliphatic hydroxyl groups is 1. The van der Waals surface area contributed by atoms with Crippen LogP contribution >= 0.6 is 11.6 Å². The number of amides is 2. The number of aryl methyl sites for hydroxylation is 2. The van der Waals surface area contributed by atoms with Crippen molar-refractivity contribution in [2.45, 2.75) is 76.3 Å². The highest BCUT2D eigenvalue weighted by Gasteiger charge is 2.38. The standard InChI is InChI=1S/C36H46ClN5O6S/c1-22-7-6-9-31(43)28-14-11-26(28)20-42-19-25-10-13-27(37)17-23(25)8-4-5-16-48-32-15-12-24(18-30(32)42)33(44)40-49(46)36(22)38-34(45)29-21-41(2)39-35(29)47-3/h10,12-13,15,17-18,21-22,26,28,31,36,43,49H,4-9,11,14,16,19-20H2,1-3H3,(H,38,45)/t22-,26-,28+,31-,36?/m0/s1. The summed E-state index contributed by atoms with van der Waals surface area (Å²) in [6.45, 7) is 3.67. The van der Waals surface area contributed by atoms with Crippen LogP contribution in [0.25, 0.3) is 0 Å². The summed E-state index contributed by atoms with van der Waals surface area (Å²) in [4.78, 5) is 29.4. The Labute approximate surface area is 294 Å². The number of rotatable bonds is 3. The summed E-state index contributed by atoms with van der Waals surface area (Å²) in [6.07, 6.45) is 7.51. The molecule has 6 atom stereocenters. The molecular formula is C36H46ClN5O6S. The number of methoxy groups -OCH3 is 1. The van der Waals surface area contributed by atoms with Crippen LogP contribution in [0.15, 0.2) is 47.0 Å². The first-order valence-electron chi connectivity index (χ1n) is 17.2. The molecule has 0 saturated heterocycles. The molecule has 2 bridgehead atoms. The fourth-order valence-corrected chi connectivity index (χ4v) is 8.72. The summed E-state index contributed by atoms with van der Waals surface area (Å²) >= 11 is 6.43. The Bertz CT molecular complexity index is 1770. The number of hydrogen-bond acceptors (Lipinski definition) is 8. The van der Waals surface area contributed by atoms with E-state index in [4.69, 9.17) is 21.1 Å². The van der Waals surface area contributed by atoms with Crippen molar-refractivity contribution in [3.63, 3.8) is 0 Å². The number of aromatic nitrogens is 2. The van der Waals surface area contributed by atoms with Gasteiger partial charge in [0.15, 0.2) is 0 Å². The second-order valence-electron chi connectivity index (χ2n) is 13.6. The topological polar surface area (TPSA) is 135 Å². The van der Waals surface area contributed by atoms with Gasteiger partial charge in [-0.05, 0) is 104 Å². The van der Waals surface area contributed by atoms with Crippen molar-refractivity contribution in [2.24, 2.45) is 29.2 Å². The van der Waals surface area contributed by atoms with Gasteiger partial charge >= 0.3 is 0 Å². The second-order valence-corrected chi connectivity index (χ2v) is 15.4. The van der Waals surface area contributed by atoms with E-state index in [0.717, 1.165) is 43.4 Å². The van der Waals surface area contributed by atoms with Gasteiger partial charge in [-0.15, -0.1) is 5.10 Å². The maximum absolute atomic E-state index is 13.9. The molecule has 264 valence electrons. The van der Waals surface area contributed by atoms with Gasteiger partial charge in [0, 0.05) is 36.9 Å². The van der Waals surface area contributed by atoms with Crippen molar-refractivity contribution in [3.8, 4) is 11.6 Å². The molecule has 13 heteroatoms. The SMILES string of the molecule is COc1nn(C)cc1C(=O)NC1[C@@H](C)CCC[C@H](O)[C@@H]2CC[C@H]2CN2Cc3ccc(Cl)cc3CCCCOc3ccc(cc32)C(=O)/N=[SH]\1=O. The molecule has 3 heterocycles. The summed E-state index contributed by atoms with van der Waals surface area (Å²) in [7, 11) is 0.522. The smallest absolute Gasteiger partial charge is 0.285 e. The molecule has 2 amide bonds. The zero-order chi connectivity index (χ0) is 34.7. The van der Waals surface area contributed by atoms with Crippen LogP contribution < -0.4 is 19.7 Å². The molecule has 1 aliphatic carbocycles. The maximum Gasteiger partial charge on any atom is 0.285 e. The van der Waals surface area contributed by atoms with Crippen LogP contribution in [0.4, 0.5) is 5.69 Å². The van der Waals surface area contributed by atoms with Gasteiger partial charge < -0.3 is 24.8 Å². The van der Waals surface area contributed by atoms with Gasteiger partial charge in [-0.3, -0.25) is 18.5 Å². The number of aliphatic hydroxyl groups excluding tert-OH is 1. The number of carbonyl (C=O) groups is 2. The minimum absolute atomic E-state index is 0.139. The van der Waals surface area contributed by atoms with E-state index in [1.54, 1.807) is 25.2 Å². The normalized spacial score (nSPS) is 26.8. The zero-order valence-corrected chi connectivity index (χ0v) is 30.0. The van der Waals surface area contributed by atoms with E-state index in [1.165, 1.54) is 23.6 Å². The molecule has 3 aliphatic rings. The van der Waals surface area contributed by atoms with Gasteiger partial charge in [-0.25, -0.2) is 0 Å². The molecule has 49 heavy (non-hydrogen) atoms. The third-order valence-corrected chi connectivity index (χ3v) is 12.0. The zero-order valence-electron chi connectivity index (χ0n) is 28.3. The number of fused-ring (bicyclic) bond motifs is 3.